The number of carbonyl (C=O) groups excluding carboxylic acids is 1. The summed E-state index contributed by atoms with van der Waals surface area (Å²) in [6.45, 7) is 4.57. The van der Waals surface area contributed by atoms with E-state index in [-0.39, 0.29) is 11.9 Å². The molecule has 1 N–H and O–H groups in total. The second kappa shape index (κ2) is 6.45. The Bertz CT molecular complexity index is 693. The van der Waals surface area contributed by atoms with Gasteiger partial charge in [-0.2, -0.15) is 5.10 Å². The first kappa shape index (κ1) is 16.2. The molecule has 1 aliphatic rings. The molecule has 23 heavy (non-hydrogen) atoms. The molecule has 1 saturated heterocycles. The van der Waals surface area contributed by atoms with E-state index < -0.39 is 6.10 Å². The summed E-state index contributed by atoms with van der Waals surface area (Å²) in [5.74, 6) is 0.0500. The summed E-state index contributed by atoms with van der Waals surface area (Å²) >= 11 is 1.56. The van der Waals surface area contributed by atoms with Crippen molar-refractivity contribution in [2.45, 2.75) is 45.3 Å². The lowest BCUT2D eigenvalue weighted by atomic mass is 10.0. The van der Waals surface area contributed by atoms with Crippen molar-refractivity contribution in [1.29, 1.82) is 0 Å². The van der Waals surface area contributed by atoms with Gasteiger partial charge >= 0.3 is 0 Å². The molecule has 0 bridgehead atoms. The molecule has 6 heteroatoms. The van der Waals surface area contributed by atoms with E-state index in [1.165, 1.54) is 0 Å². The van der Waals surface area contributed by atoms with Crippen molar-refractivity contribution in [2.75, 3.05) is 6.54 Å². The number of rotatable bonds is 4. The van der Waals surface area contributed by atoms with Crippen LogP contribution in [0.4, 0.5) is 0 Å². The van der Waals surface area contributed by atoms with E-state index in [4.69, 9.17) is 0 Å². The first-order chi connectivity index (χ1) is 11.0. The van der Waals surface area contributed by atoms with E-state index in [9.17, 15) is 9.90 Å². The van der Waals surface area contributed by atoms with Crippen LogP contribution in [0, 0.1) is 13.8 Å². The van der Waals surface area contributed by atoms with Crippen molar-refractivity contribution >= 4 is 17.2 Å². The number of likely N-dealkylation sites (tertiary alicyclic amines) is 1. The van der Waals surface area contributed by atoms with E-state index in [0.717, 1.165) is 35.7 Å². The van der Waals surface area contributed by atoms with E-state index in [2.05, 4.69) is 5.10 Å². The highest BCUT2D eigenvalue weighted by atomic mass is 32.1. The van der Waals surface area contributed by atoms with Gasteiger partial charge in [0, 0.05) is 30.2 Å². The number of aryl methyl sites for hydroxylation is 2. The molecular formula is C17H23N3O2S. The number of aromatic nitrogens is 2. The minimum absolute atomic E-state index is 0.0500. The van der Waals surface area contributed by atoms with E-state index in [0.29, 0.717) is 12.0 Å². The summed E-state index contributed by atoms with van der Waals surface area (Å²) in [4.78, 5) is 15.9. The third-order valence-corrected chi connectivity index (χ3v) is 5.70. The summed E-state index contributed by atoms with van der Waals surface area (Å²) in [5, 5.41) is 16.7. The highest BCUT2D eigenvalue weighted by molar-refractivity contribution is 7.10. The molecule has 0 aliphatic carbocycles. The van der Waals surface area contributed by atoms with Crippen molar-refractivity contribution in [2.24, 2.45) is 7.05 Å². The molecule has 124 valence electrons. The number of hydrogen-bond acceptors (Lipinski definition) is 4. The number of aliphatic hydroxyl groups excluding tert-OH is 1. The lowest BCUT2D eigenvalue weighted by molar-refractivity contribution is 0.0668. The SMILES string of the molecule is Cc1nn(C)c(C)c1C(=O)N1CCC[C@@H]1C[C@H](O)c1cccs1. The van der Waals surface area contributed by atoms with Crippen LogP contribution >= 0.6 is 11.3 Å². The molecule has 5 nitrogen and oxygen atoms in total. The fourth-order valence-electron chi connectivity index (χ4n) is 3.43. The molecule has 0 aromatic carbocycles. The summed E-state index contributed by atoms with van der Waals surface area (Å²) in [7, 11) is 1.86. The smallest absolute Gasteiger partial charge is 0.257 e. The van der Waals surface area contributed by atoms with Crippen LogP contribution in [0.1, 0.15) is 52.0 Å². The van der Waals surface area contributed by atoms with Gasteiger partial charge in [0.15, 0.2) is 0 Å². The summed E-state index contributed by atoms with van der Waals surface area (Å²) in [6.07, 6.45) is 2.05. The second-order valence-electron chi connectivity index (χ2n) is 6.23. The van der Waals surface area contributed by atoms with Crippen molar-refractivity contribution in [3.8, 4) is 0 Å². The van der Waals surface area contributed by atoms with Gasteiger partial charge in [-0.05, 0) is 44.6 Å². The average Bonchev–Trinajstić information content (AvgIpc) is 3.21. The molecule has 3 heterocycles. The van der Waals surface area contributed by atoms with Crippen LogP contribution in [0.5, 0.6) is 0 Å². The Morgan fingerprint density at radius 3 is 2.91 bits per heavy atom. The van der Waals surface area contributed by atoms with Crippen LogP contribution in [0.3, 0.4) is 0 Å². The van der Waals surface area contributed by atoms with Crippen molar-refractivity contribution < 1.29 is 9.90 Å². The van der Waals surface area contributed by atoms with E-state index in [1.54, 1.807) is 16.0 Å². The van der Waals surface area contributed by atoms with Crippen molar-refractivity contribution in [3.05, 3.63) is 39.3 Å². The maximum absolute atomic E-state index is 13.0. The summed E-state index contributed by atoms with van der Waals surface area (Å²) < 4.78 is 1.76. The number of thiophene rings is 1. The Morgan fingerprint density at radius 1 is 1.52 bits per heavy atom. The molecule has 1 fully saturated rings. The third kappa shape index (κ3) is 3.05. The predicted molar refractivity (Wildman–Crippen MR) is 90.6 cm³/mol. The van der Waals surface area contributed by atoms with Gasteiger partial charge in [-0.1, -0.05) is 6.07 Å². The van der Waals surface area contributed by atoms with E-state index in [1.807, 2.05) is 43.3 Å². The zero-order valence-electron chi connectivity index (χ0n) is 13.8. The Labute approximate surface area is 140 Å². The molecule has 0 radical (unpaired) electrons. The molecule has 2 aromatic heterocycles. The highest BCUT2D eigenvalue weighted by Crippen LogP contribution is 2.31. The van der Waals surface area contributed by atoms with Gasteiger partial charge in [-0.25, -0.2) is 0 Å². The number of nitrogens with zero attached hydrogens (tertiary/aromatic N) is 3. The first-order valence-electron chi connectivity index (χ1n) is 8.01. The maximum atomic E-state index is 13.0. The van der Waals surface area contributed by atoms with Gasteiger partial charge in [0.25, 0.3) is 5.91 Å². The molecule has 0 unspecified atom stereocenters. The van der Waals surface area contributed by atoms with Crippen LogP contribution in [-0.4, -0.2) is 38.3 Å². The maximum Gasteiger partial charge on any atom is 0.257 e. The van der Waals surface area contributed by atoms with E-state index >= 15 is 0 Å². The molecule has 0 saturated carbocycles. The monoisotopic (exact) mass is 333 g/mol. The minimum atomic E-state index is -0.496. The zero-order chi connectivity index (χ0) is 16.6. The topological polar surface area (TPSA) is 58.4 Å². The number of amides is 1. The normalized spacial score (nSPS) is 19.3. The third-order valence-electron chi connectivity index (χ3n) is 4.73. The Kier molecular flexibility index (Phi) is 4.55. The summed E-state index contributed by atoms with van der Waals surface area (Å²) in [5.41, 5.74) is 2.39. The second-order valence-corrected chi connectivity index (χ2v) is 7.21. The van der Waals surface area contributed by atoms with Crippen molar-refractivity contribution in [3.63, 3.8) is 0 Å². The first-order valence-corrected chi connectivity index (χ1v) is 8.89. The quantitative estimate of drug-likeness (QED) is 0.936. The molecule has 2 atom stereocenters. The van der Waals surface area contributed by atoms with Gasteiger partial charge in [-0.3, -0.25) is 9.48 Å². The molecule has 3 rings (SSSR count). The van der Waals surface area contributed by atoms with Gasteiger partial charge in [-0.15, -0.1) is 11.3 Å². The minimum Gasteiger partial charge on any atom is -0.387 e. The van der Waals surface area contributed by atoms with Crippen molar-refractivity contribution in [1.82, 2.24) is 14.7 Å². The largest absolute Gasteiger partial charge is 0.387 e. The van der Waals surface area contributed by atoms with Crippen LogP contribution in [-0.2, 0) is 7.05 Å². The zero-order valence-corrected chi connectivity index (χ0v) is 14.6. The Morgan fingerprint density at radius 2 is 2.30 bits per heavy atom. The molecule has 0 spiro atoms. The van der Waals surface area contributed by atoms with Crippen LogP contribution in [0.2, 0.25) is 0 Å². The number of carbonyl (C=O) groups is 1. The molecular weight excluding hydrogens is 310 g/mol. The fourth-order valence-corrected chi connectivity index (χ4v) is 4.15. The standard InChI is InChI=1S/C17H23N3O2S/c1-11-16(12(2)19(3)18-11)17(22)20-8-4-6-13(20)10-14(21)15-7-5-9-23-15/h5,7,9,13-14,21H,4,6,8,10H2,1-3H3/t13-,14+/m1/s1. The fraction of sp³-hybridized carbons (Fsp3) is 0.529. The Hall–Kier alpha value is -1.66. The average molecular weight is 333 g/mol. The van der Waals surface area contributed by atoms with Gasteiger partial charge in [0.1, 0.15) is 0 Å². The van der Waals surface area contributed by atoms with Gasteiger partial charge < -0.3 is 10.0 Å². The van der Waals surface area contributed by atoms with Gasteiger partial charge in [0.05, 0.1) is 17.4 Å². The number of hydrogen-bond donors (Lipinski definition) is 1. The van der Waals surface area contributed by atoms with Crippen LogP contribution < -0.4 is 0 Å². The molecule has 2 aromatic rings. The predicted octanol–water partition coefficient (Wildman–Crippen LogP) is 2.83. The summed E-state index contributed by atoms with van der Waals surface area (Å²) in [6, 6.07) is 3.99. The molecule has 1 amide bonds. The van der Waals surface area contributed by atoms with Crippen LogP contribution in [0.15, 0.2) is 17.5 Å². The van der Waals surface area contributed by atoms with Crippen LogP contribution in [0.25, 0.3) is 0 Å². The number of aliphatic hydroxyl groups is 1. The van der Waals surface area contributed by atoms with Gasteiger partial charge in [0.2, 0.25) is 0 Å². The highest BCUT2D eigenvalue weighted by Gasteiger charge is 2.33. The molecule has 1 aliphatic heterocycles. The lowest BCUT2D eigenvalue weighted by Crippen LogP contribution is -2.37. The Balaban J connectivity index is 1.77. The lowest BCUT2D eigenvalue weighted by Gasteiger charge is -2.26.